The van der Waals surface area contributed by atoms with Gasteiger partial charge in [0.05, 0.1) is 12.2 Å². The van der Waals surface area contributed by atoms with Gasteiger partial charge in [0, 0.05) is 16.2 Å². The fraction of sp³-hybridized carbons (Fsp3) is 0.188. The van der Waals surface area contributed by atoms with Gasteiger partial charge in [-0.1, -0.05) is 18.2 Å². The molecule has 0 aromatic heterocycles. The molecule has 5 heteroatoms. The maximum absolute atomic E-state index is 13.3. The summed E-state index contributed by atoms with van der Waals surface area (Å²) in [7, 11) is 0. The third-order valence-electron chi connectivity index (χ3n) is 2.84. The first-order chi connectivity index (χ1) is 10.1. The zero-order valence-corrected chi connectivity index (χ0v) is 12.3. The van der Waals surface area contributed by atoms with Crippen molar-refractivity contribution in [2.24, 2.45) is 0 Å². The van der Waals surface area contributed by atoms with E-state index in [4.69, 9.17) is 9.84 Å². The molecule has 0 aliphatic heterocycles. The van der Waals surface area contributed by atoms with Crippen LogP contribution in [0.15, 0.2) is 47.4 Å². The Morgan fingerprint density at radius 2 is 2.05 bits per heavy atom. The van der Waals surface area contributed by atoms with E-state index in [0.29, 0.717) is 17.3 Å². The molecule has 0 heterocycles. The van der Waals surface area contributed by atoms with Crippen LogP contribution >= 0.6 is 11.8 Å². The molecule has 0 amide bonds. The summed E-state index contributed by atoms with van der Waals surface area (Å²) in [5, 5.41) is 8.92. The SMILES string of the molecule is CCOc1ccccc1CSc1ccc(F)c(C(=O)O)c1. The average Bonchev–Trinajstić information content (AvgIpc) is 2.47. The van der Waals surface area contributed by atoms with E-state index in [1.807, 2.05) is 31.2 Å². The summed E-state index contributed by atoms with van der Waals surface area (Å²) in [5.41, 5.74) is 0.712. The third kappa shape index (κ3) is 3.98. The van der Waals surface area contributed by atoms with Crippen LogP contribution < -0.4 is 4.74 Å². The predicted octanol–water partition coefficient (Wildman–Crippen LogP) is 4.21. The molecule has 0 saturated carbocycles. The van der Waals surface area contributed by atoms with Crippen LogP contribution in [-0.2, 0) is 5.75 Å². The summed E-state index contributed by atoms with van der Waals surface area (Å²) in [6, 6.07) is 11.8. The van der Waals surface area contributed by atoms with Crippen molar-refractivity contribution in [1.82, 2.24) is 0 Å². The van der Waals surface area contributed by atoms with Crippen molar-refractivity contribution in [3.8, 4) is 5.75 Å². The minimum Gasteiger partial charge on any atom is -0.494 e. The lowest BCUT2D eigenvalue weighted by molar-refractivity contribution is 0.0691. The van der Waals surface area contributed by atoms with E-state index in [1.54, 1.807) is 6.07 Å². The molecule has 2 aromatic carbocycles. The maximum Gasteiger partial charge on any atom is 0.338 e. The lowest BCUT2D eigenvalue weighted by atomic mass is 10.2. The Balaban J connectivity index is 2.13. The minimum absolute atomic E-state index is 0.307. The molecule has 0 bridgehead atoms. The predicted molar refractivity (Wildman–Crippen MR) is 80.5 cm³/mol. The van der Waals surface area contributed by atoms with Crippen LogP contribution in [-0.4, -0.2) is 17.7 Å². The largest absolute Gasteiger partial charge is 0.494 e. The van der Waals surface area contributed by atoms with Gasteiger partial charge in [0.15, 0.2) is 0 Å². The van der Waals surface area contributed by atoms with Crippen molar-refractivity contribution in [3.05, 3.63) is 59.4 Å². The number of carboxylic acid groups (broad SMARTS) is 1. The van der Waals surface area contributed by atoms with E-state index < -0.39 is 11.8 Å². The van der Waals surface area contributed by atoms with Crippen LogP contribution in [0.5, 0.6) is 5.75 Å². The van der Waals surface area contributed by atoms with E-state index in [-0.39, 0.29) is 5.56 Å². The highest BCUT2D eigenvalue weighted by atomic mass is 32.2. The number of hydrogen-bond donors (Lipinski definition) is 1. The number of rotatable bonds is 6. The second-order valence-corrected chi connectivity index (χ2v) is 5.32. The highest BCUT2D eigenvalue weighted by Gasteiger charge is 2.11. The molecular weight excluding hydrogens is 291 g/mol. The molecule has 0 aliphatic carbocycles. The topological polar surface area (TPSA) is 46.5 Å². The Hall–Kier alpha value is -2.01. The van der Waals surface area contributed by atoms with Gasteiger partial charge < -0.3 is 9.84 Å². The quantitative estimate of drug-likeness (QED) is 0.812. The van der Waals surface area contributed by atoms with E-state index in [1.165, 1.54) is 23.9 Å². The average molecular weight is 306 g/mol. The molecular formula is C16H15FO3S. The number of hydrogen-bond acceptors (Lipinski definition) is 3. The van der Waals surface area contributed by atoms with Crippen molar-refractivity contribution >= 4 is 17.7 Å². The number of halogens is 1. The minimum atomic E-state index is -1.26. The Labute approximate surface area is 126 Å². The summed E-state index contributed by atoms with van der Waals surface area (Å²) >= 11 is 1.44. The Kier molecular flexibility index (Phi) is 5.22. The van der Waals surface area contributed by atoms with Crippen LogP contribution in [0.2, 0.25) is 0 Å². The molecule has 2 aromatic rings. The van der Waals surface area contributed by atoms with Gasteiger partial charge in [-0.3, -0.25) is 0 Å². The second-order valence-electron chi connectivity index (χ2n) is 4.28. The Morgan fingerprint density at radius 3 is 2.76 bits per heavy atom. The van der Waals surface area contributed by atoms with Crippen LogP contribution in [0, 0.1) is 5.82 Å². The van der Waals surface area contributed by atoms with Crippen LogP contribution in [0.1, 0.15) is 22.8 Å². The van der Waals surface area contributed by atoms with Crippen molar-refractivity contribution < 1.29 is 19.0 Å². The molecule has 0 fully saturated rings. The van der Waals surface area contributed by atoms with E-state index in [9.17, 15) is 9.18 Å². The van der Waals surface area contributed by atoms with Crippen molar-refractivity contribution in [2.45, 2.75) is 17.6 Å². The number of ether oxygens (including phenoxy) is 1. The van der Waals surface area contributed by atoms with E-state index in [0.717, 1.165) is 11.3 Å². The van der Waals surface area contributed by atoms with Gasteiger partial charge in [-0.15, -0.1) is 11.8 Å². The number of carboxylic acids is 1. The zero-order chi connectivity index (χ0) is 15.2. The van der Waals surface area contributed by atoms with Crippen LogP contribution in [0.25, 0.3) is 0 Å². The number of carbonyl (C=O) groups is 1. The molecule has 0 atom stereocenters. The maximum atomic E-state index is 13.3. The molecule has 0 saturated heterocycles. The summed E-state index contributed by atoms with van der Waals surface area (Å²) in [6.07, 6.45) is 0. The monoisotopic (exact) mass is 306 g/mol. The molecule has 0 unspecified atom stereocenters. The molecule has 0 spiro atoms. The van der Waals surface area contributed by atoms with Gasteiger partial charge in [-0.2, -0.15) is 0 Å². The van der Waals surface area contributed by atoms with Gasteiger partial charge in [0.2, 0.25) is 0 Å². The van der Waals surface area contributed by atoms with E-state index >= 15 is 0 Å². The van der Waals surface area contributed by atoms with Gasteiger partial charge >= 0.3 is 5.97 Å². The number of aromatic carboxylic acids is 1. The highest BCUT2D eigenvalue weighted by molar-refractivity contribution is 7.98. The van der Waals surface area contributed by atoms with Crippen molar-refractivity contribution in [2.75, 3.05) is 6.61 Å². The molecule has 0 aliphatic rings. The van der Waals surface area contributed by atoms with Crippen LogP contribution in [0.3, 0.4) is 0 Å². The second kappa shape index (κ2) is 7.13. The third-order valence-corrected chi connectivity index (χ3v) is 3.88. The number of thioether (sulfide) groups is 1. The van der Waals surface area contributed by atoms with Crippen LogP contribution in [0.4, 0.5) is 4.39 Å². The highest BCUT2D eigenvalue weighted by Crippen LogP contribution is 2.29. The summed E-state index contributed by atoms with van der Waals surface area (Å²) in [4.78, 5) is 11.6. The van der Waals surface area contributed by atoms with Crippen molar-refractivity contribution in [3.63, 3.8) is 0 Å². The number of para-hydroxylation sites is 1. The molecule has 2 rings (SSSR count). The van der Waals surface area contributed by atoms with Gasteiger partial charge in [0.25, 0.3) is 0 Å². The lowest BCUT2D eigenvalue weighted by Gasteiger charge is -2.10. The smallest absolute Gasteiger partial charge is 0.338 e. The first-order valence-corrected chi connectivity index (χ1v) is 7.46. The fourth-order valence-corrected chi connectivity index (χ4v) is 2.76. The molecule has 0 radical (unpaired) electrons. The Morgan fingerprint density at radius 1 is 1.29 bits per heavy atom. The van der Waals surface area contributed by atoms with E-state index in [2.05, 4.69) is 0 Å². The van der Waals surface area contributed by atoms with Gasteiger partial charge in [-0.05, 0) is 31.2 Å². The Bertz CT molecular complexity index is 643. The number of benzene rings is 2. The molecule has 110 valence electrons. The lowest BCUT2D eigenvalue weighted by Crippen LogP contribution is -2.00. The summed E-state index contributed by atoms with van der Waals surface area (Å²) in [5.74, 6) is -0.541. The standard InChI is InChI=1S/C16H15FO3S/c1-2-20-15-6-4-3-5-11(15)10-21-12-7-8-14(17)13(9-12)16(18)19/h3-9H,2,10H2,1H3,(H,18,19). The first kappa shape index (κ1) is 15.4. The van der Waals surface area contributed by atoms with Gasteiger partial charge in [-0.25, -0.2) is 9.18 Å². The fourth-order valence-electron chi connectivity index (χ4n) is 1.84. The van der Waals surface area contributed by atoms with Gasteiger partial charge in [0.1, 0.15) is 11.6 Å². The molecule has 1 N–H and O–H groups in total. The summed E-state index contributed by atoms with van der Waals surface area (Å²) in [6.45, 7) is 2.50. The first-order valence-electron chi connectivity index (χ1n) is 6.48. The molecule has 3 nitrogen and oxygen atoms in total. The van der Waals surface area contributed by atoms with Crippen molar-refractivity contribution in [1.29, 1.82) is 0 Å². The summed E-state index contributed by atoms with van der Waals surface area (Å²) < 4.78 is 18.9. The zero-order valence-electron chi connectivity index (χ0n) is 11.5. The molecule has 21 heavy (non-hydrogen) atoms. The normalized spacial score (nSPS) is 10.4.